The number of ether oxygens (including phenoxy) is 3. The van der Waals surface area contributed by atoms with E-state index in [1.807, 2.05) is 43.3 Å². The Labute approximate surface area is 206 Å². The number of benzene rings is 2. The lowest BCUT2D eigenvalue weighted by Crippen LogP contribution is -2.55. The number of hydrogen-bond donors (Lipinski definition) is 0. The molecule has 5 atom stereocenters. The molecule has 3 fully saturated rings. The average molecular weight is 473 g/mol. The first-order valence-electron chi connectivity index (χ1n) is 12.3. The van der Waals surface area contributed by atoms with E-state index in [2.05, 4.69) is 22.5 Å². The SMILES string of the molecule is C=C[C@H]1CN2CC[C@H]1C[C@H]2[C@H](OC(=O)c1ccc(OCC)cc1)c1ccnc2ccc(OC)cc12. The van der Waals surface area contributed by atoms with Crippen LogP contribution in [0.25, 0.3) is 10.9 Å². The molecule has 1 aromatic heterocycles. The fraction of sp³-hybridized carbons (Fsp3) is 0.379. The summed E-state index contributed by atoms with van der Waals surface area (Å²) in [7, 11) is 1.65. The molecular weight excluding hydrogens is 440 g/mol. The maximum Gasteiger partial charge on any atom is 0.338 e. The zero-order chi connectivity index (χ0) is 24.4. The number of aromatic nitrogens is 1. The number of nitrogens with zero attached hydrogens (tertiary/aromatic N) is 2. The number of methoxy groups -OCH3 is 1. The van der Waals surface area contributed by atoms with Crippen LogP contribution in [0.15, 0.2) is 67.4 Å². The van der Waals surface area contributed by atoms with Gasteiger partial charge in [-0.05, 0) is 86.7 Å². The molecule has 0 saturated carbocycles. The van der Waals surface area contributed by atoms with Crippen molar-refractivity contribution in [2.75, 3.05) is 26.8 Å². The molecule has 6 heteroatoms. The standard InChI is InChI=1S/C29H32N2O4/c1-4-19-18-31-15-13-21(19)16-27(31)28(35-29(32)20-6-8-22(9-7-20)34-5-2)24-12-14-30-26-11-10-23(33-3)17-25(24)26/h4,6-12,14,17,19,21,27-28H,1,5,13,15-16,18H2,2-3H3/t19-,21-,27-,28+/m0/s1. The molecule has 3 aliphatic rings. The first kappa shape index (κ1) is 23.4. The first-order valence-corrected chi connectivity index (χ1v) is 12.3. The van der Waals surface area contributed by atoms with Gasteiger partial charge in [-0.3, -0.25) is 9.88 Å². The molecule has 0 N–H and O–H groups in total. The summed E-state index contributed by atoms with van der Waals surface area (Å²) in [5.74, 6) is 2.18. The summed E-state index contributed by atoms with van der Waals surface area (Å²) >= 11 is 0. The van der Waals surface area contributed by atoms with Crippen molar-refractivity contribution < 1.29 is 19.0 Å². The number of hydrogen-bond acceptors (Lipinski definition) is 6. The molecule has 0 aliphatic carbocycles. The van der Waals surface area contributed by atoms with Crippen LogP contribution in [0.2, 0.25) is 0 Å². The van der Waals surface area contributed by atoms with Gasteiger partial charge >= 0.3 is 5.97 Å². The van der Waals surface area contributed by atoms with Crippen molar-refractivity contribution in [2.45, 2.75) is 31.9 Å². The Bertz CT molecular complexity index is 1210. The van der Waals surface area contributed by atoms with Gasteiger partial charge in [-0.1, -0.05) is 6.08 Å². The molecule has 182 valence electrons. The van der Waals surface area contributed by atoms with Crippen LogP contribution in [0, 0.1) is 11.8 Å². The van der Waals surface area contributed by atoms with Gasteiger partial charge in [-0.15, -0.1) is 6.58 Å². The Morgan fingerprint density at radius 3 is 2.69 bits per heavy atom. The minimum atomic E-state index is -0.430. The fourth-order valence-electron chi connectivity index (χ4n) is 5.60. The van der Waals surface area contributed by atoms with Gasteiger partial charge in [-0.2, -0.15) is 0 Å². The number of piperidine rings is 3. The van der Waals surface area contributed by atoms with Crippen LogP contribution in [0.1, 0.15) is 41.8 Å². The molecule has 4 heterocycles. The molecule has 0 amide bonds. The monoisotopic (exact) mass is 472 g/mol. The van der Waals surface area contributed by atoms with Crippen molar-refractivity contribution in [1.82, 2.24) is 9.88 Å². The first-order chi connectivity index (χ1) is 17.1. The van der Waals surface area contributed by atoms with Gasteiger partial charge in [0.1, 0.15) is 17.6 Å². The highest BCUT2D eigenvalue weighted by molar-refractivity contribution is 5.90. The van der Waals surface area contributed by atoms with Crippen molar-refractivity contribution in [3.8, 4) is 11.5 Å². The quantitative estimate of drug-likeness (QED) is 0.322. The summed E-state index contributed by atoms with van der Waals surface area (Å²) in [6, 6.07) is 15.0. The third-order valence-electron chi connectivity index (χ3n) is 7.43. The summed E-state index contributed by atoms with van der Waals surface area (Å²) in [5, 5.41) is 0.944. The zero-order valence-corrected chi connectivity index (χ0v) is 20.4. The molecule has 6 rings (SSSR count). The second-order valence-corrected chi connectivity index (χ2v) is 9.31. The van der Waals surface area contributed by atoms with Crippen molar-refractivity contribution in [3.05, 3.63) is 78.5 Å². The van der Waals surface area contributed by atoms with Gasteiger partial charge in [0.05, 0.1) is 30.8 Å². The van der Waals surface area contributed by atoms with Gasteiger partial charge in [-0.25, -0.2) is 4.79 Å². The summed E-state index contributed by atoms with van der Waals surface area (Å²) < 4.78 is 17.4. The van der Waals surface area contributed by atoms with E-state index in [1.54, 1.807) is 25.4 Å². The third-order valence-corrected chi connectivity index (χ3v) is 7.43. The van der Waals surface area contributed by atoms with Crippen LogP contribution in [0.4, 0.5) is 0 Å². The van der Waals surface area contributed by atoms with E-state index in [-0.39, 0.29) is 12.0 Å². The van der Waals surface area contributed by atoms with Gasteiger partial charge in [0.2, 0.25) is 0 Å². The number of carbonyl (C=O) groups excluding carboxylic acids is 1. The predicted molar refractivity (Wildman–Crippen MR) is 136 cm³/mol. The molecule has 0 radical (unpaired) electrons. The normalized spacial score (nSPS) is 24.1. The highest BCUT2D eigenvalue weighted by atomic mass is 16.5. The van der Waals surface area contributed by atoms with Gasteiger partial charge in [0.25, 0.3) is 0 Å². The van der Waals surface area contributed by atoms with Crippen LogP contribution in [0.3, 0.4) is 0 Å². The number of carbonyl (C=O) groups is 1. The summed E-state index contributed by atoms with van der Waals surface area (Å²) in [4.78, 5) is 20.4. The average Bonchev–Trinajstić information content (AvgIpc) is 2.91. The molecule has 2 bridgehead atoms. The number of pyridine rings is 1. The van der Waals surface area contributed by atoms with Crippen molar-refractivity contribution in [1.29, 1.82) is 0 Å². The molecule has 3 saturated heterocycles. The highest BCUT2D eigenvalue weighted by Gasteiger charge is 2.44. The lowest BCUT2D eigenvalue weighted by atomic mass is 9.73. The third kappa shape index (κ3) is 4.63. The summed E-state index contributed by atoms with van der Waals surface area (Å²) in [5.41, 5.74) is 2.32. The van der Waals surface area contributed by atoms with E-state index in [0.29, 0.717) is 24.0 Å². The van der Waals surface area contributed by atoms with Crippen LogP contribution in [-0.2, 0) is 4.74 Å². The van der Waals surface area contributed by atoms with E-state index in [0.717, 1.165) is 53.9 Å². The smallest absolute Gasteiger partial charge is 0.338 e. The second kappa shape index (κ2) is 10.1. The Hall–Kier alpha value is -3.38. The molecule has 6 nitrogen and oxygen atoms in total. The molecule has 35 heavy (non-hydrogen) atoms. The van der Waals surface area contributed by atoms with Gasteiger partial charge < -0.3 is 14.2 Å². The molecule has 1 unspecified atom stereocenters. The Morgan fingerprint density at radius 1 is 1.20 bits per heavy atom. The largest absolute Gasteiger partial charge is 0.497 e. The highest BCUT2D eigenvalue weighted by Crippen LogP contribution is 2.44. The van der Waals surface area contributed by atoms with Crippen LogP contribution < -0.4 is 9.47 Å². The van der Waals surface area contributed by atoms with E-state index < -0.39 is 6.10 Å². The fourth-order valence-corrected chi connectivity index (χ4v) is 5.60. The van der Waals surface area contributed by atoms with Crippen molar-refractivity contribution in [3.63, 3.8) is 0 Å². The maximum atomic E-state index is 13.4. The number of rotatable bonds is 8. The predicted octanol–water partition coefficient (Wildman–Crippen LogP) is 5.44. The molecule has 0 spiro atoms. The molecule has 3 aromatic rings. The Morgan fingerprint density at radius 2 is 2.00 bits per heavy atom. The number of fused-ring (bicyclic) bond motifs is 4. The van der Waals surface area contributed by atoms with Gasteiger partial charge in [0, 0.05) is 23.7 Å². The lowest BCUT2D eigenvalue weighted by molar-refractivity contribution is -0.0568. The number of esters is 1. The minimum Gasteiger partial charge on any atom is -0.497 e. The van der Waals surface area contributed by atoms with Crippen LogP contribution >= 0.6 is 0 Å². The van der Waals surface area contributed by atoms with Crippen molar-refractivity contribution in [2.24, 2.45) is 11.8 Å². The van der Waals surface area contributed by atoms with Gasteiger partial charge in [0.15, 0.2) is 0 Å². The Balaban J connectivity index is 1.52. The molecule has 2 aromatic carbocycles. The van der Waals surface area contributed by atoms with Crippen LogP contribution in [-0.4, -0.2) is 48.7 Å². The van der Waals surface area contributed by atoms with E-state index in [4.69, 9.17) is 14.2 Å². The van der Waals surface area contributed by atoms with Crippen LogP contribution in [0.5, 0.6) is 11.5 Å². The van der Waals surface area contributed by atoms with E-state index in [1.165, 1.54) is 0 Å². The topological polar surface area (TPSA) is 60.9 Å². The maximum absolute atomic E-state index is 13.4. The molecule has 3 aliphatic heterocycles. The van der Waals surface area contributed by atoms with E-state index in [9.17, 15) is 4.79 Å². The van der Waals surface area contributed by atoms with E-state index >= 15 is 0 Å². The second-order valence-electron chi connectivity index (χ2n) is 9.31. The zero-order valence-electron chi connectivity index (χ0n) is 20.4. The minimum absolute atomic E-state index is 0.0911. The molecular formula is C29H32N2O4. The summed E-state index contributed by atoms with van der Waals surface area (Å²) in [6.45, 7) is 8.52. The van der Waals surface area contributed by atoms with Crippen molar-refractivity contribution >= 4 is 16.9 Å². The summed E-state index contributed by atoms with van der Waals surface area (Å²) in [6.07, 6.45) is 5.56. The Kier molecular flexibility index (Phi) is 6.73. The lowest BCUT2D eigenvalue weighted by Gasteiger charge is -2.51.